The zero-order valence-electron chi connectivity index (χ0n) is 11.7. The molecule has 0 aliphatic rings. The van der Waals surface area contributed by atoms with E-state index in [0.29, 0.717) is 5.92 Å². The Hall–Kier alpha value is -1.27. The summed E-state index contributed by atoms with van der Waals surface area (Å²) in [5.41, 5.74) is 1.34. The number of hydrogen-bond donors (Lipinski definition) is 1. The van der Waals surface area contributed by atoms with Gasteiger partial charge in [-0.15, -0.1) is 5.10 Å². The Morgan fingerprint density at radius 2 is 2.21 bits per heavy atom. The first kappa shape index (κ1) is 14.1. The van der Waals surface area contributed by atoms with E-state index in [9.17, 15) is 0 Å². The molecule has 0 spiro atoms. The fourth-order valence-corrected chi connectivity index (χ4v) is 2.66. The van der Waals surface area contributed by atoms with Gasteiger partial charge in [-0.05, 0) is 58.6 Å². The molecule has 104 valence electrons. The van der Waals surface area contributed by atoms with E-state index in [1.54, 1.807) is 11.3 Å². The lowest BCUT2D eigenvalue weighted by Crippen LogP contribution is -2.23. The van der Waals surface area contributed by atoms with Crippen molar-refractivity contribution in [2.75, 3.05) is 6.54 Å². The molecule has 0 aliphatic carbocycles. The van der Waals surface area contributed by atoms with Crippen molar-refractivity contribution in [2.24, 2.45) is 5.92 Å². The molecular weight excluding hydrogens is 258 g/mol. The van der Waals surface area contributed by atoms with Gasteiger partial charge in [0.2, 0.25) is 0 Å². The van der Waals surface area contributed by atoms with E-state index in [1.807, 2.05) is 4.68 Å². The lowest BCUT2D eigenvalue weighted by molar-refractivity contribution is 0.443. The van der Waals surface area contributed by atoms with E-state index in [-0.39, 0.29) is 6.04 Å². The number of rotatable bonds is 7. The lowest BCUT2D eigenvalue weighted by atomic mass is 10.1. The quantitative estimate of drug-likeness (QED) is 0.845. The van der Waals surface area contributed by atoms with Gasteiger partial charge in [0, 0.05) is 0 Å². The largest absolute Gasteiger partial charge is 0.310 e. The van der Waals surface area contributed by atoms with Crippen LogP contribution in [0.4, 0.5) is 0 Å². The molecule has 0 fully saturated rings. The van der Waals surface area contributed by atoms with Crippen LogP contribution in [0, 0.1) is 5.92 Å². The van der Waals surface area contributed by atoms with E-state index in [1.165, 1.54) is 5.56 Å². The fraction of sp³-hybridized carbons (Fsp3) is 0.615. The zero-order chi connectivity index (χ0) is 13.7. The predicted molar refractivity (Wildman–Crippen MR) is 77.1 cm³/mol. The second-order valence-corrected chi connectivity index (χ2v) is 6.03. The van der Waals surface area contributed by atoms with Crippen LogP contribution in [-0.2, 0) is 13.0 Å². The van der Waals surface area contributed by atoms with Crippen LogP contribution in [0.2, 0.25) is 0 Å². The first-order valence-corrected chi connectivity index (χ1v) is 7.59. The van der Waals surface area contributed by atoms with Gasteiger partial charge in [-0.2, -0.15) is 11.3 Å². The molecule has 19 heavy (non-hydrogen) atoms. The summed E-state index contributed by atoms with van der Waals surface area (Å²) in [5.74, 6) is 1.54. The number of nitrogens with one attached hydrogen (secondary N) is 1. The molecule has 0 aliphatic heterocycles. The summed E-state index contributed by atoms with van der Waals surface area (Å²) in [6.07, 6.45) is 0.964. The first-order valence-electron chi connectivity index (χ1n) is 6.65. The summed E-state index contributed by atoms with van der Waals surface area (Å²) in [6, 6.07) is 2.43. The Bertz CT molecular complexity index is 477. The van der Waals surface area contributed by atoms with E-state index >= 15 is 0 Å². The van der Waals surface area contributed by atoms with Gasteiger partial charge in [-0.25, -0.2) is 4.68 Å². The molecule has 6 heteroatoms. The van der Waals surface area contributed by atoms with Gasteiger partial charge in [-0.1, -0.05) is 13.8 Å². The van der Waals surface area contributed by atoms with E-state index < -0.39 is 0 Å². The minimum atomic E-state index is 0.278. The van der Waals surface area contributed by atoms with Crippen LogP contribution in [0.3, 0.4) is 0 Å². The van der Waals surface area contributed by atoms with E-state index in [2.05, 4.69) is 58.4 Å². The number of aromatic nitrogens is 4. The topological polar surface area (TPSA) is 55.6 Å². The van der Waals surface area contributed by atoms with Crippen molar-refractivity contribution in [1.82, 2.24) is 25.5 Å². The van der Waals surface area contributed by atoms with Gasteiger partial charge in [0.25, 0.3) is 0 Å². The Labute approximate surface area is 118 Å². The standard InChI is InChI=1S/C13H21N5S/c1-10(2)7-14-8-13-15-16-17-18(13)11(3)6-12-4-5-19-9-12/h4-5,9-11,14H,6-8H2,1-3H3. The van der Waals surface area contributed by atoms with Gasteiger partial charge < -0.3 is 5.32 Å². The second kappa shape index (κ2) is 6.77. The third-order valence-corrected chi connectivity index (χ3v) is 3.66. The first-order chi connectivity index (χ1) is 9.16. The molecule has 1 atom stereocenters. The van der Waals surface area contributed by atoms with Gasteiger partial charge in [0.15, 0.2) is 5.82 Å². The minimum absolute atomic E-state index is 0.278. The number of tetrazole rings is 1. The summed E-state index contributed by atoms with van der Waals surface area (Å²) >= 11 is 1.73. The maximum absolute atomic E-state index is 4.11. The van der Waals surface area contributed by atoms with E-state index in [0.717, 1.165) is 25.3 Å². The van der Waals surface area contributed by atoms with Crippen molar-refractivity contribution in [3.8, 4) is 0 Å². The molecule has 0 bridgehead atoms. The van der Waals surface area contributed by atoms with Crippen LogP contribution in [0.1, 0.15) is 38.2 Å². The lowest BCUT2D eigenvalue weighted by Gasteiger charge is -2.13. The highest BCUT2D eigenvalue weighted by atomic mass is 32.1. The summed E-state index contributed by atoms with van der Waals surface area (Å²) in [5, 5.41) is 19.7. The van der Waals surface area contributed by atoms with Crippen molar-refractivity contribution >= 4 is 11.3 Å². The number of nitrogens with zero attached hydrogens (tertiary/aromatic N) is 4. The smallest absolute Gasteiger partial charge is 0.165 e. The molecule has 2 rings (SSSR count). The highest BCUT2D eigenvalue weighted by Crippen LogP contribution is 2.16. The molecule has 1 N–H and O–H groups in total. The molecule has 0 aromatic carbocycles. The van der Waals surface area contributed by atoms with E-state index in [4.69, 9.17) is 0 Å². The molecule has 0 radical (unpaired) electrons. The van der Waals surface area contributed by atoms with Crippen molar-refractivity contribution in [2.45, 2.75) is 39.8 Å². The average Bonchev–Trinajstić information content (AvgIpc) is 2.99. The van der Waals surface area contributed by atoms with Crippen molar-refractivity contribution in [3.63, 3.8) is 0 Å². The SMILES string of the molecule is CC(C)CNCc1nnnn1C(C)Cc1ccsc1. The third-order valence-electron chi connectivity index (χ3n) is 2.93. The van der Waals surface area contributed by atoms with Crippen LogP contribution in [0.15, 0.2) is 16.8 Å². The fourth-order valence-electron chi connectivity index (χ4n) is 1.98. The summed E-state index contributed by atoms with van der Waals surface area (Å²) < 4.78 is 1.92. The molecule has 0 amide bonds. The highest BCUT2D eigenvalue weighted by molar-refractivity contribution is 7.07. The van der Waals surface area contributed by atoms with Gasteiger partial charge in [-0.3, -0.25) is 0 Å². The number of thiophene rings is 1. The maximum atomic E-state index is 4.11. The Kier molecular flexibility index (Phi) is 5.04. The Morgan fingerprint density at radius 1 is 1.37 bits per heavy atom. The molecule has 0 saturated heterocycles. The Balaban J connectivity index is 1.94. The Morgan fingerprint density at radius 3 is 2.89 bits per heavy atom. The van der Waals surface area contributed by atoms with Crippen molar-refractivity contribution in [1.29, 1.82) is 0 Å². The number of hydrogen-bond acceptors (Lipinski definition) is 5. The van der Waals surface area contributed by atoms with Crippen LogP contribution in [-0.4, -0.2) is 26.8 Å². The van der Waals surface area contributed by atoms with Crippen LogP contribution < -0.4 is 5.32 Å². The average molecular weight is 279 g/mol. The molecular formula is C13H21N5S. The van der Waals surface area contributed by atoms with Crippen LogP contribution >= 0.6 is 11.3 Å². The monoisotopic (exact) mass is 279 g/mol. The minimum Gasteiger partial charge on any atom is -0.310 e. The molecule has 1 unspecified atom stereocenters. The molecule has 0 saturated carbocycles. The van der Waals surface area contributed by atoms with Gasteiger partial charge in [0.05, 0.1) is 12.6 Å². The van der Waals surface area contributed by atoms with Crippen molar-refractivity contribution in [3.05, 3.63) is 28.2 Å². The van der Waals surface area contributed by atoms with Crippen LogP contribution in [0.25, 0.3) is 0 Å². The summed E-state index contributed by atoms with van der Waals surface area (Å²) in [6.45, 7) is 8.23. The van der Waals surface area contributed by atoms with Crippen LogP contribution in [0.5, 0.6) is 0 Å². The predicted octanol–water partition coefficient (Wildman–Crippen LogP) is 2.28. The molecule has 2 heterocycles. The summed E-state index contributed by atoms with van der Waals surface area (Å²) in [4.78, 5) is 0. The normalized spacial score (nSPS) is 13.1. The molecule has 2 aromatic heterocycles. The highest BCUT2D eigenvalue weighted by Gasteiger charge is 2.13. The maximum Gasteiger partial charge on any atom is 0.165 e. The molecule has 2 aromatic rings. The summed E-state index contributed by atoms with van der Waals surface area (Å²) in [7, 11) is 0. The van der Waals surface area contributed by atoms with Crippen molar-refractivity contribution < 1.29 is 0 Å². The zero-order valence-corrected chi connectivity index (χ0v) is 12.5. The third kappa shape index (κ3) is 4.11. The van der Waals surface area contributed by atoms with Gasteiger partial charge in [0.1, 0.15) is 0 Å². The second-order valence-electron chi connectivity index (χ2n) is 5.25. The van der Waals surface area contributed by atoms with Gasteiger partial charge >= 0.3 is 0 Å². The molecule has 5 nitrogen and oxygen atoms in total.